The quantitative estimate of drug-likeness (QED) is 0.364. The third-order valence-corrected chi connectivity index (χ3v) is 6.96. The van der Waals surface area contributed by atoms with Gasteiger partial charge in [-0.2, -0.15) is 8.78 Å². The van der Waals surface area contributed by atoms with Crippen molar-refractivity contribution in [3.8, 4) is 5.75 Å². The van der Waals surface area contributed by atoms with E-state index in [4.69, 9.17) is 0 Å². The van der Waals surface area contributed by atoms with Crippen LogP contribution < -0.4 is 9.92 Å². The maximum Gasteiger partial charge on any atom is 0.387 e. The largest absolute Gasteiger partial charge is 0.435 e. The summed E-state index contributed by atoms with van der Waals surface area (Å²) in [5.74, 6) is 0.257. The SMILES string of the molecule is CCCCCCCCCC[SiH](C)c1ccc(OC(F)F)cc1. The smallest absolute Gasteiger partial charge is 0.387 e. The molecule has 0 aliphatic rings. The zero-order valence-electron chi connectivity index (χ0n) is 14.0. The second-order valence-electron chi connectivity index (χ2n) is 6.11. The van der Waals surface area contributed by atoms with Gasteiger partial charge in [0.2, 0.25) is 0 Å². The lowest BCUT2D eigenvalue weighted by Gasteiger charge is -2.11. The molecule has 1 atom stereocenters. The van der Waals surface area contributed by atoms with Crippen molar-refractivity contribution < 1.29 is 13.5 Å². The first-order valence-electron chi connectivity index (χ1n) is 8.68. The van der Waals surface area contributed by atoms with E-state index in [0.717, 1.165) is 0 Å². The molecule has 1 aromatic carbocycles. The number of hydrogen-bond acceptors (Lipinski definition) is 1. The summed E-state index contributed by atoms with van der Waals surface area (Å²) in [7, 11) is -0.930. The van der Waals surface area contributed by atoms with E-state index in [1.807, 2.05) is 12.1 Å². The van der Waals surface area contributed by atoms with Crippen LogP contribution in [0.15, 0.2) is 24.3 Å². The van der Waals surface area contributed by atoms with Crippen LogP contribution >= 0.6 is 0 Å². The molecule has 1 unspecified atom stereocenters. The molecular formula is C18H30F2OSi. The van der Waals surface area contributed by atoms with Crippen molar-refractivity contribution in [3.63, 3.8) is 0 Å². The molecule has 1 nitrogen and oxygen atoms in total. The van der Waals surface area contributed by atoms with Gasteiger partial charge in [0.1, 0.15) is 5.75 Å². The summed E-state index contributed by atoms with van der Waals surface area (Å²) in [6.07, 6.45) is 10.8. The number of rotatable bonds is 12. The van der Waals surface area contributed by atoms with Gasteiger partial charge in [-0.25, -0.2) is 0 Å². The van der Waals surface area contributed by atoms with E-state index in [0.29, 0.717) is 0 Å². The number of unbranched alkanes of at least 4 members (excludes halogenated alkanes) is 7. The predicted molar refractivity (Wildman–Crippen MR) is 93.1 cm³/mol. The van der Waals surface area contributed by atoms with Crippen molar-refractivity contribution >= 4 is 14.0 Å². The number of halogens is 2. The Morgan fingerprint density at radius 3 is 2.00 bits per heavy atom. The molecule has 0 fully saturated rings. The average Bonchev–Trinajstić information content (AvgIpc) is 2.50. The van der Waals surface area contributed by atoms with E-state index < -0.39 is 15.4 Å². The molecule has 0 N–H and O–H groups in total. The Kier molecular flexibility index (Phi) is 10.1. The summed E-state index contributed by atoms with van der Waals surface area (Å²) in [5.41, 5.74) is 0. The molecule has 0 saturated heterocycles. The lowest BCUT2D eigenvalue weighted by Crippen LogP contribution is -2.25. The molecule has 126 valence electrons. The van der Waals surface area contributed by atoms with Gasteiger partial charge in [0, 0.05) is 0 Å². The minimum absolute atomic E-state index is 0.257. The lowest BCUT2D eigenvalue weighted by molar-refractivity contribution is -0.0498. The maximum atomic E-state index is 12.1. The molecule has 1 rings (SSSR count). The zero-order chi connectivity index (χ0) is 16.2. The van der Waals surface area contributed by atoms with Crippen LogP contribution in [-0.4, -0.2) is 15.4 Å². The van der Waals surface area contributed by atoms with Crippen molar-refractivity contribution in [2.45, 2.75) is 77.5 Å². The number of ether oxygens (including phenoxy) is 1. The topological polar surface area (TPSA) is 9.23 Å². The minimum Gasteiger partial charge on any atom is -0.435 e. The molecule has 0 aliphatic heterocycles. The van der Waals surface area contributed by atoms with Gasteiger partial charge < -0.3 is 4.74 Å². The highest BCUT2D eigenvalue weighted by atomic mass is 28.3. The van der Waals surface area contributed by atoms with Crippen LogP contribution in [0.3, 0.4) is 0 Å². The van der Waals surface area contributed by atoms with E-state index in [9.17, 15) is 8.78 Å². The molecule has 4 heteroatoms. The van der Waals surface area contributed by atoms with Gasteiger partial charge in [-0.1, -0.05) is 88.2 Å². The Morgan fingerprint density at radius 2 is 1.45 bits per heavy atom. The third-order valence-electron chi connectivity index (χ3n) is 4.16. The van der Waals surface area contributed by atoms with Crippen LogP contribution in [-0.2, 0) is 0 Å². The molecule has 0 heterocycles. The molecule has 0 amide bonds. The molecule has 22 heavy (non-hydrogen) atoms. The molecule has 0 spiro atoms. The van der Waals surface area contributed by atoms with E-state index >= 15 is 0 Å². The second kappa shape index (κ2) is 11.6. The number of alkyl halides is 2. The van der Waals surface area contributed by atoms with Crippen molar-refractivity contribution in [2.24, 2.45) is 0 Å². The summed E-state index contributed by atoms with van der Waals surface area (Å²) in [4.78, 5) is 0. The highest BCUT2D eigenvalue weighted by Gasteiger charge is 2.09. The Morgan fingerprint density at radius 1 is 0.909 bits per heavy atom. The highest BCUT2D eigenvalue weighted by Crippen LogP contribution is 2.14. The lowest BCUT2D eigenvalue weighted by atomic mass is 10.1. The Labute approximate surface area is 135 Å². The van der Waals surface area contributed by atoms with Gasteiger partial charge in [-0.3, -0.25) is 0 Å². The van der Waals surface area contributed by atoms with Crippen molar-refractivity contribution in [3.05, 3.63) is 24.3 Å². The minimum atomic E-state index is -2.74. The fraction of sp³-hybridized carbons (Fsp3) is 0.667. The van der Waals surface area contributed by atoms with E-state index in [1.54, 1.807) is 12.1 Å². The third kappa shape index (κ3) is 8.52. The van der Waals surface area contributed by atoms with Gasteiger partial charge in [-0.15, -0.1) is 0 Å². The Balaban J connectivity index is 2.15. The van der Waals surface area contributed by atoms with Crippen LogP contribution in [0.2, 0.25) is 12.6 Å². The molecule has 0 aromatic heterocycles. The van der Waals surface area contributed by atoms with E-state index in [-0.39, 0.29) is 5.75 Å². The van der Waals surface area contributed by atoms with Crippen molar-refractivity contribution in [1.82, 2.24) is 0 Å². The van der Waals surface area contributed by atoms with Gasteiger partial charge in [-0.05, 0) is 12.1 Å². The summed E-state index contributed by atoms with van der Waals surface area (Å²) < 4.78 is 28.6. The first-order valence-corrected chi connectivity index (χ1v) is 11.2. The monoisotopic (exact) mass is 328 g/mol. The summed E-state index contributed by atoms with van der Waals surface area (Å²) in [6.45, 7) is 1.85. The summed E-state index contributed by atoms with van der Waals surface area (Å²) in [5, 5.41) is 1.34. The number of benzene rings is 1. The van der Waals surface area contributed by atoms with E-state index in [2.05, 4.69) is 18.2 Å². The van der Waals surface area contributed by atoms with Crippen LogP contribution in [0.25, 0.3) is 0 Å². The molecular weight excluding hydrogens is 298 g/mol. The standard InChI is InChI=1S/C18H30F2OSi/c1-3-4-5-6-7-8-9-10-15-22(2)17-13-11-16(12-14-17)21-18(19)20/h11-14,18,22H,3-10,15H2,1-2H3. The van der Waals surface area contributed by atoms with Crippen molar-refractivity contribution in [1.29, 1.82) is 0 Å². The molecule has 1 aromatic rings. The molecule has 0 saturated carbocycles. The van der Waals surface area contributed by atoms with Crippen LogP contribution in [0.4, 0.5) is 8.78 Å². The van der Waals surface area contributed by atoms with E-state index in [1.165, 1.54) is 62.6 Å². The summed E-state index contributed by atoms with van der Waals surface area (Å²) in [6, 6.07) is 8.54. The fourth-order valence-electron chi connectivity index (χ4n) is 2.73. The molecule has 0 aliphatic carbocycles. The molecule has 0 radical (unpaired) electrons. The maximum absolute atomic E-state index is 12.1. The van der Waals surface area contributed by atoms with Gasteiger partial charge in [0.15, 0.2) is 0 Å². The first kappa shape index (κ1) is 19.1. The molecule has 0 bridgehead atoms. The number of hydrogen-bond donors (Lipinski definition) is 0. The predicted octanol–water partition coefficient (Wildman–Crippen LogP) is 5.49. The van der Waals surface area contributed by atoms with Crippen LogP contribution in [0, 0.1) is 0 Å². The normalized spacial score (nSPS) is 12.6. The Bertz CT molecular complexity index is 381. The van der Waals surface area contributed by atoms with Gasteiger partial charge in [0.25, 0.3) is 0 Å². The van der Waals surface area contributed by atoms with Crippen LogP contribution in [0.1, 0.15) is 58.3 Å². The first-order chi connectivity index (χ1) is 10.6. The fourth-order valence-corrected chi connectivity index (χ4v) is 4.81. The van der Waals surface area contributed by atoms with Gasteiger partial charge in [0.05, 0.1) is 8.80 Å². The highest BCUT2D eigenvalue weighted by molar-refractivity contribution is 6.71. The Hall–Kier alpha value is -0.903. The second-order valence-corrected chi connectivity index (χ2v) is 9.16. The van der Waals surface area contributed by atoms with Gasteiger partial charge >= 0.3 is 6.61 Å². The summed E-state index contributed by atoms with van der Waals surface area (Å²) >= 11 is 0. The van der Waals surface area contributed by atoms with Crippen LogP contribution in [0.5, 0.6) is 5.75 Å². The zero-order valence-corrected chi connectivity index (χ0v) is 15.1. The van der Waals surface area contributed by atoms with Crippen molar-refractivity contribution in [2.75, 3.05) is 0 Å². The average molecular weight is 329 g/mol.